The standard InChI is InChI=1S/C29H32FN3O2/c1-3-21(2)22-12-16-25(17-13-22)35-20-19-33-27-8-5-4-7-26(27)32-28(33)9-6-18-31-29(34)23-10-14-24(30)15-11-23/h4-5,7-8,10-17,21H,3,6,9,18-20H2,1-2H3,(H,31,34). The van der Waals surface area contributed by atoms with Gasteiger partial charge < -0.3 is 14.6 Å². The number of ether oxygens (including phenoxy) is 1. The van der Waals surface area contributed by atoms with Crippen molar-refractivity contribution in [2.24, 2.45) is 0 Å². The third kappa shape index (κ3) is 6.27. The summed E-state index contributed by atoms with van der Waals surface area (Å²) in [5.41, 5.74) is 3.81. The molecular weight excluding hydrogens is 441 g/mol. The van der Waals surface area contributed by atoms with E-state index in [0.717, 1.165) is 41.9 Å². The summed E-state index contributed by atoms with van der Waals surface area (Å²) >= 11 is 0. The molecule has 0 spiro atoms. The number of nitrogens with zero attached hydrogens (tertiary/aromatic N) is 2. The van der Waals surface area contributed by atoms with E-state index in [9.17, 15) is 9.18 Å². The maximum absolute atomic E-state index is 13.1. The van der Waals surface area contributed by atoms with Gasteiger partial charge in [-0.05, 0) is 72.9 Å². The van der Waals surface area contributed by atoms with Gasteiger partial charge >= 0.3 is 0 Å². The first-order chi connectivity index (χ1) is 17.0. The van der Waals surface area contributed by atoms with E-state index in [1.807, 2.05) is 30.3 Å². The fourth-order valence-electron chi connectivity index (χ4n) is 4.10. The number of imidazole rings is 1. The Morgan fingerprint density at radius 3 is 2.54 bits per heavy atom. The lowest BCUT2D eigenvalue weighted by Crippen LogP contribution is -2.25. The highest BCUT2D eigenvalue weighted by atomic mass is 19.1. The Bertz CT molecular complexity index is 1250. The van der Waals surface area contributed by atoms with Crippen molar-refractivity contribution < 1.29 is 13.9 Å². The van der Waals surface area contributed by atoms with Crippen molar-refractivity contribution in [2.45, 2.75) is 45.6 Å². The van der Waals surface area contributed by atoms with Gasteiger partial charge in [-0.2, -0.15) is 0 Å². The highest BCUT2D eigenvalue weighted by molar-refractivity contribution is 5.94. The highest BCUT2D eigenvalue weighted by Crippen LogP contribution is 2.22. The molecule has 1 unspecified atom stereocenters. The second-order valence-electron chi connectivity index (χ2n) is 8.76. The molecule has 0 bridgehead atoms. The minimum atomic E-state index is -0.354. The van der Waals surface area contributed by atoms with Crippen LogP contribution in [0, 0.1) is 5.82 Å². The van der Waals surface area contributed by atoms with Crippen LogP contribution in [0.5, 0.6) is 5.75 Å². The predicted octanol–water partition coefficient (Wildman–Crippen LogP) is 6.13. The molecule has 0 radical (unpaired) electrons. The number of fused-ring (bicyclic) bond motifs is 1. The zero-order valence-corrected chi connectivity index (χ0v) is 20.3. The summed E-state index contributed by atoms with van der Waals surface area (Å²) in [6.45, 7) is 6.16. The topological polar surface area (TPSA) is 56.1 Å². The monoisotopic (exact) mass is 473 g/mol. The smallest absolute Gasteiger partial charge is 0.251 e. The predicted molar refractivity (Wildman–Crippen MR) is 137 cm³/mol. The number of para-hydroxylation sites is 2. The molecule has 1 atom stereocenters. The number of carbonyl (C=O) groups is 1. The van der Waals surface area contributed by atoms with Gasteiger partial charge in [0.05, 0.1) is 17.6 Å². The van der Waals surface area contributed by atoms with Crippen molar-refractivity contribution >= 4 is 16.9 Å². The normalized spacial score (nSPS) is 12.0. The molecule has 4 aromatic rings. The number of benzene rings is 3. The lowest BCUT2D eigenvalue weighted by atomic mass is 9.99. The maximum Gasteiger partial charge on any atom is 0.251 e. The fourth-order valence-corrected chi connectivity index (χ4v) is 4.10. The average molecular weight is 474 g/mol. The molecule has 0 saturated carbocycles. The molecule has 0 fully saturated rings. The number of rotatable bonds is 11. The molecule has 4 rings (SSSR count). The summed E-state index contributed by atoms with van der Waals surface area (Å²) in [6, 6.07) is 22.0. The number of aromatic nitrogens is 2. The molecule has 1 heterocycles. The molecule has 0 saturated heterocycles. The first-order valence-corrected chi connectivity index (χ1v) is 12.3. The van der Waals surface area contributed by atoms with Gasteiger partial charge in [0, 0.05) is 18.5 Å². The van der Waals surface area contributed by atoms with E-state index in [0.29, 0.717) is 31.2 Å². The molecule has 35 heavy (non-hydrogen) atoms. The molecule has 182 valence electrons. The second-order valence-corrected chi connectivity index (χ2v) is 8.76. The van der Waals surface area contributed by atoms with Crippen LogP contribution in [-0.4, -0.2) is 28.6 Å². The molecule has 5 nitrogen and oxygen atoms in total. The number of amides is 1. The Kier molecular flexibility index (Phi) is 8.14. The molecule has 3 aromatic carbocycles. The van der Waals surface area contributed by atoms with Crippen LogP contribution >= 0.6 is 0 Å². The number of hydrogen-bond donors (Lipinski definition) is 1. The minimum Gasteiger partial charge on any atom is -0.492 e. The number of carbonyl (C=O) groups excluding carboxylic acids is 1. The van der Waals surface area contributed by atoms with E-state index in [2.05, 4.69) is 41.9 Å². The van der Waals surface area contributed by atoms with E-state index in [1.165, 1.54) is 29.8 Å². The summed E-state index contributed by atoms with van der Waals surface area (Å²) in [4.78, 5) is 17.1. The van der Waals surface area contributed by atoms with Crippen LogP contribution in [0.25, 0.3) is 11.0 Å². The average Bonchev–Trinajstić information content (AvgIpc) is 3.24. The molecule has 1 amide bonds. The van der Waals surface area contributed by atoms with Crippen LogP contribution < -0.4 is 10.1 Å². The first kappa shape index (κ1) is 24.5. The summed E-state index contributed by atoms with van der Waals surface area (Å²) in [6.07, 6.45) is 2.59. The van der Waals surface area contributed by atoms with Crippen molar-refractivity contribution in [3.63, 3.8) is 0 Å². The number of aryl methyl sites for hydroxylation is 1. The quantitative estimate of drug-likeness (QED) is 0.267. The van der Waals surface area contributed by atoms with Gasteiger partial charge in [-0.25, -0.2) is 9.37 Å². The van der Waals surface area contributed by atoms with Gasteiger partial charge in [0.25, 0.3) is 5.91 Å². The first-order valence-electron chi connectivity index (χ1n) is 12.3. The minimum absolute atomic E-state index is 0.203. The Morgan fingerprint density at radius 2 is 1.80 bits per heavy atom. The summed E-state index contributed by atoms with van der Waals surface area (Å²) in [5.74, 6) is 1.83. The number of hydrogen-bond acceptors (Lipinski definition) is 3. The Morgan fingerprint density at radius 1 is 1.06 bits per heavy atom. The van der Waals surface area contributed by atoms with Gasteiger partial charge in [-0.3, -0.25) is 4.79 Å². The van der Waals surface area contributed by atoms with Crippen molar-refractivity contribution in [3.05, 3.63) is 95.6 Å². The Hall–Kier alpha value is -3.67. The van der Waals surface area contributed by atoms with Crippen LogP contribution in [0.3, 0.4) is 0 Å². The zero-order chi connectivity index (χ0) is 24.6. The van der Waals surface area contributed by atoms with Crippen molar-refractivity contribution in [1.82, 2.24) is 14.9 Å². The number of nitrogens with one attached hydrogen (secondary N) is 1. The SMILES string of the molecule is CCC(C)c1ccc(OCCn2c(CCCNC(=O)c3ccc(F)cc3)nc3ccccc32)cc1. The van der Waals surface area contributed by atoms with Crippen LogP contribution in [-0.2, 0) is 13.0 Å². The van der Waals surface area contributed by atoms with Gasteiger partial charge in [-0.15, -0.1) is 0 Å². The summed E-state index contributed by atoms with van der Waals surface area (Å²) in [7, 11) is 0. The van der Waals surface area contributed by atoms with Crippen molar-refractivity contribution in [1.29, 1.82) is 0 Å². The van der Waals surface area contributed by atoms with E-state index in [4.69, 9.17) is 9.72 Å². The molecule has 0 aliphatic carbocycles. The Balaban J connectivity index is 1.34. The molecule has 0 aliphatic heterocycles. The molecule has 1 aromatic heterocycles. The van der Waals surface area contributed by atoms with E-state index < -0.39 is 0 Å². The molecule has 6 heteroatoms. The largest absolute Gasteiger partial charge is 0.492 e. The van der Waals surface area contributed by atoms with Gasteiger partial charge in [0.15, 0.2) is 0 Å². The van der Waals surface area contributed by atoms with Crippen LogP contribution in [0.4, 0.5) is 4.39 Å². The van der Waals surface area contributed by atoms with E-state index in [1.54, 1.807) is 0 Å². The lowest BCUT2D eigenvalue weighted by Gasteiger charge is -2.13. The third-order valence-electron chi connectivity index (χ3n) is 6.35. The van der Waals surface area contributed by atoms with E-state index >= 15 is 0 Å². The second kappa shape index (κ2) is 11.6. The van der Waals surface area contributed by atoms with Crippen LogP contribution in [0.15, 0.2) is 72.8 Å². The zero-order valence-electron chi connectivity index (χ0n) is 20.3. The maximum atomic E-state index is 13.1. The van der Waals surface area contributed by atoms with Gasteiger partial charge in [-0.1, -0.05) is 38.1 Å². The Labute approximate surface area is 206 Å². The summed E-state index contributed by atoms with van der Waals surface area (Å²) in [5, 5.41) is 2.90. The highest BCUT2D eigenvalue weighted by Gasteiger charge is 2.11. The van der Waals surface area contributed by atoms with Crippen LogP contribution in [0.1, 0.15) is 54.4 Å². The number of halogens is 1. The van der Waals surface area contributed by atoms with Gasteiger partial charge in [0.1, 0.15) is 24.0 Å². The lowest BCUT2D eigenvalue weighted by molar-refractivity contribution is 0.0953. The molecular formula is C29H32FN3O2. The van der Waals surface area contributed by atoms with Gasteiger partial charge in [0.2, 0.25) is 0 Å². The molecule has 0 aliphatic rings. The summed E-state index contributed by atoms with van der Waals surface area (Å²) < 4.78 is 21.3. The van der Waals surface area contributed by atoms with E-state index in [-0.39, 0.29) is 11.7 Å². The van der Waals surface area contributed by atoms with Crippen LogP contribution in [0.2, 0.25) is 0 Å². The van der Waals surface area contributed by atoms with Crippen molar-refractivity contribution in [2.75, 3.05) is 13.2 Å². The molecule has 1 N–H and O–H groups in total. The van der Waals surface area contributed by atoms with Crippen molar-refractivity contribution in [3.8, 4) is 5.75 Å². The fraction of sp³-hybridized carbons (Fsp3) is 0.310. The third-order valence-corrected chi connectivity index (χ3v) is 6.35.